The fourth-order valence-corrected chi connectivity index (χ4v) is 1.66. The van der Waals surface area contributed by atoms with Crippen molar-refractivity contribution in [2.75, 3.05) is 13.1 Å². The van der Waals surface area contributed by atoms with E-state index in [1.807, 2.05) is 18.5 Å². The Morgan fingerprint density at radius 1 is 1.41 bits per heavy atom. The monoisotopic (exact) mass is 233 g/mol. The Morgan fingerprint density at radius 2 is 2.29 bits per heavy atom. The van der Waals surface area contributed by atoms with Gasteiger partial charge in [-0.3, -0.25) is 0 Å². The summed E-state index contributed by atoms with van der Waals surface area (Å²) in [6, 6.07) is 6.43. The van der Waals surface area contributed by atoms with Gasteiger partial charge in [0.2, 0.25) is 0 Å². The van der Waals surface area contributed by atoms with Gasteiger partial charge in [0.25, 0.3) is 0 Å². The molecule has 0 spiro atoms. The van der Waals surface area contributed by atoms with E-state index in [9.17, 15) is 4.39 Å². The fourth-order valence-electron chi connectivity index (χ4n) is 1.66. The first-order chi connectivity index (χ1) is 8.29. The van der Waals surface area contributed by atoms with Gasteiger partial charge in [-0.15, -0.1) is 0 Å². The zero-order valence-electron chi connectivity index (χ0n) is 9.86. The molecule has 1 aromatic carbocycles. The fraction of sp³-hybridized carbons (Fsp3) is 0.308. The third-order valence-electron chi connectivity index (χ3n) is 2.55. The highest BCUT2D eigenvalue weighted by Gasteiger charge is 2.01. The lowest BCUT2D eigenvalue weighted by Crippen LogP contribution is -2.15. The Morgan fingerprint density at radius 3 is 3.06 bits per heavy atom. The molecule has 0 saturated heterocycles. The summed E-state index contributed by atoms with van der Waals surface area (Å²) < 4.78 is 14.8. The third kappa shape index (κ3) is 3.14. The van der Waals surface area contributed by atoms with E-state index in [4.69, 9.17) is 0 Å². The number of likely N-dealkylation sites (N-methyl/N-ethyl adjacent to an activating group) is 1. The second-order valence-corrected chi connectivity index (χ2v) is 3.88. The first kappa shape index (κ1) is 11.8. The maximum absolute atomic E-state index is 13.1. The molecule has 0 aliphatic heterocycles. The van der Waals surface area contributed by atoms with Crippen LogP contribution in [-0.2, 0) is 6.42 Å². The Balaban J connectivity index is 2.07. The van der Waals surface area contributed by atoms with Gasteiger partial charge in [0.05, 0.1) is 11.9 Å². The molecule has 0 aliphatic carbocycles. The zero-order chi connectivity index (χ0) is 12.1. The molecule has 1 N–H and O–H groups in total. The summed E-state index contributed by atoms with van der Waals surface area (Å²) in [6.45, 7) is 3.99. The van der Waals surface area contributed by atoms with Crippen LogP contribution in [0.2, 0.25) is 0 Å². The first-order valence-electron chi connectivity index (χ1n) is 5.80. The minimum absolute atomic E-state index is 0.243. The molecule has 2 rings (SSSR count). The van der Waals surface area contributed by atoms with Gasteiger partial charge in [-0.1, -0.05) is 13.0 Å². The zero-order valence-corrected chi connectivity index (χ0v) is 9.86. The van der Waals surface area contributed by atoms with E-state index < -0.39 is 0 Å². The lowest BCUT2D eigenvalue weighted by atomic mass is 10.2. The minimum Gasteiger partial charge on any atom is -0.317 e. The molecule has 3 nitrogen and oxygen atoms in total. The second-order valence-electron chi connectivity index (χ2n) is 3.88. The van der Waals surface area contributed by atoms with Crippen LogP contribution in [0.3, 0.4) is 0 Å². The molecule has 17 heavy (non-hydrogen) atoms. The number of halogens is 1. The van der Waals surface area contributed by atoms with E-state index in [0.29, 0.717) is 0 Å². The van der Waals surface area contributed by atoms with Gasteiger partial charge in [0.15, 0.2) is 0 Å². The van der Waals surface area contributed by atoms with Crippen LogP contribution in [0.5, 0.6) is 0 Å². The number of hydrogen-bond donors (Lipinski definition) is 1. The molecule has 1 aromatic heterocycles. The molecule has 0 radical (unpaired) electrons. The summed E-state index contributed by atoms with van der Waals surface area (Å²) in [5.74, 6) is -0.243. The highest BCUT2D eigenvalue weighted by Crippen LogP contribution is 2.10. The molecule has 4 heteroatoms. The molecule has 0 bridgehead atoms. The predicted octanol–water partition coefficient (Wildman–Crippen LogP) is 2.16. The quantitative estimate of drug-likeness (QED) is 0.802. The van der Waals surface area contributed by atoms with Crippen molar-refractivity contribution in [2.24, 2.45) is 0 Å². The molecule has 90 valence electrons. The van der Waals surface area contributed by atoms with Crippen LogP contribution >= 0.6 is 0 Å². The molecule has 0 fully saturated rings. The molecule has 1 heterocycles. The van der Waals surface area contributed by atoms with Crippen LogP contribution in [-0.4, -0.2) is 22.9 Å². The minimum atomic E-state index is -0.243. The third-order valence-corrected chi connectivity index (χ3v) is 2.55. The standard InChI is InChI=1S/C13H16FN3/c1-2-15-7-6-11-9-16-17(10-11)13-5-3-4-12(14)8-13/h3-5,8-10,15H,2,6-7H2,1H3. The lowest BCUT2D eigenvalue weighted by molar-refractivity contribution is 0.625. The van der Waals surface area contributed by atoms with Crippen LogP contribution in [0.15, 0.2) is 36.7 Å². The highest BCUT2D eigenvalue weighted by molar-refractivity contribution is 5.31. The molecule has 2 aromatic rings. The van der Waals surface area contributed by atoms with Crippen molar-refractivity contribution in [2.45, 2.75) is 13.3 Å². The molecule has 0 unspecified atom stereocenters. The predicted molar refractivity (Wildman–Crippen MR) is 65.8 cm³/mol. The van der Waals surface area contributed by atoms with Crippen molar-refractivity contribution in [3.05, 3.63) is 48.0 Å². The molecular weight excluding hydrogens is 217 g/mol. The van der Waals surface area contributed by atoms with E-state index in [0.717, 1.165) is 30.8 Å². The van der Waals surface area contributed by atoms with Crippen molar-refractivity contribution in [1.82, 2.24) is 15.1 Å². The largest absolute Gasteiger partial charge is 0.317 e. The van der Waals surface area contributed by atoms with Crippen molar-refractivity contribution in [3.63, 3.8) is 0 Å². The van der Waals surface area contributed by atoms with Crippen LogP contribution in [0.4, 0.5) is 4.39 Å². The van der Waals surface area contributed by atoms with Crippen LogP contribution in [0, 0.1) is 5.82 Å². The molecule has 0 aliphatic rings. The topological polar surface area (TPSA) is 29.9 Å². The molecular formula is C13H16FN3. The Hall–Kier alpha value is -1.68. The number of benzene rings is 1. The van der Waals surface area contributed by atoms with Crippen LogP contribution in [0.1, 0.15) is 12.5 Å². The van der Waals surface area contributed by atoms with E-state index in [2.05, 4.69) is 17.3 Å². The van der Waals surface area contributed by atoms with Gasteiger partial charge in [0.1, 0.15) is 5.82 Å². The molecule has 0 saturated carbocycles. The number of aromatic nitrogens is 2. The molecule has 0 amide bonds. The number of nitrogens with one attached hydrogen (secondary N) is 1. The smallest absolute Gasteiger partial charge is 0.125 e. The highest BCUT2D eigenvalue weighted by atomic mass is 19.1. The van der Waals surface area contributed by atoms with Crippen molar-refractivity contribution in [1.29, 1.82) is 0 Å². The number of nitrogens with zero attached hydrogens (tertiary/aromatic N) is 2. The normalized spacial score (nSPS) is 10.7. The van der Waals surface area contributed by atoms with E-state index in [1.165, 1.54) is 12.1 Å². The first-order valence-corrected chi connectivity index (χ1v) is 5.80. The Bertz CT molecular complexity index is 479. The van der Waals surface area contributed by atoms with Gasteiger partial charge in [0, 0.05) is 6.20 Å². The maximum atomic E-state index is 13.1. The SMILES string of the molecule is CCNCCc1cnn(-c2cccc(F)c2)c1. The average molecular weight is 233 g/mol. The second kappa shape index (κ2) is 5.59. The summed E-state index contributed by atoms with van der Waals surface area (Å²) in [5.41, 5.74) is 1.90. The van der Waals surface area contributed by atoms with Crippen molar-refractivity contribution in [3.8, 4) is 5.69 Å². The number of hydrogen-bond acceptors (Lipinski definition) is 2. The van der Waals surface area contributed by atoms with Crippen LogP contribution in [0.25, 0.3) is 5.69 Å². The lowest BCUT2D eigenvalue weighted by Gasteiger charge is -2.00. The van der Waals surface area contributed by atoms with Gasteiger partial charge in [-0.05, 0) is 43.3 Å². The summed E-state index contributed by atoms with van der Waals surface area (Å²) in [4.78, 5) is 0. The maximum Gasteiger partial charge on any atom is 0.125 e. The van der Waals surface area contributed by atoms with Gasteiger partial charge in [-0.25, -0.2) is 9.07 Å². The number of rotatable bonds is 5. The average Bonchev–Trinajstić information content (AvgIpc) is 2.78. The molecule has 0 atom stereocenters. The van der Waals surface area contributed by atoms with Gasteiger partial charge >= 0.3 is 0 Å². The van der Waals surface area contributed by atoms with Crippen molar-refractivity contribution >= 4 is 0 Å². The van der Waals surface area contributed by atoms with Gasteiger partial charge < -0.3 is 5.32 Å². The van der Waals surface area contributed by atoms with E-state index >= 15 is 0 Å². The summed E-state index contributed by atoms with van der Waals surface area (Å²) in [5, 5.41) is 7.49. The summed E-state index contributed by atoms with van der Waals surface area (Å²) in [6.07, 6.45) is 4.69. The van der Waals surface area contributed by atoms with Crippen LogP contribution < -0.4 is 5.32 Å². The van der Waals surface area contributed by atoms with Gasteiger partial charge in [-0.2, -0.15) is 5.10 Å². The summed E-state index contributed by atoms with van der Waals surface area (Å²) in [7, 11) is 0. The van der Waals surface area contributed by atoms with E-state index in [-0.39, 0.29) is 5.82 Å². The van der Waals surface area contributed by atoms with Crippen molar-refractivity contribution < 1.29 is 4.39 Å². The Kier molecular flexibility index (Phi) is 3.88. The van der Waals surface area contributed by atoms with E-state index in [1.54, 1.807) is 10.7 Å². The Labute approximate surface area is 100 Å². The summed E-state index contributed by atoms with van der Waals surface area (Å²) >= 11 is 0.